The van der Waals surface area contributed by atoms with E-state index in [0.29, 0.717) is 24.0 Å². The smallest absolute Gasteiger partial charge is 0.167 e. The van der Waals surface area contributed by atoms with Crippen molar-refractivity contribution >= 4 is 11.6 Å². The Morgan fingerprint density at radius 3 is 2.57 bits per heavy atom. The van der Waals surface area contributed by atoms with Crippen molar-refractivity contribution in [2.45, 2.75) is 65.9 Å². The normalized spacial score (nSPS) is 48.3. The molecule has 1 heterocycles. The van der Waals surface area contributed by atoms with Crippen LogP contribution in [0.15, 0.2) is 11.6 Å². The van der Waals surface area contributed by atoms with E-state index in [0.717, 1.165) is 25.7 Å². The summed E-state index contributed by atoms with van der Waals surface area (Å²) in [4.78, 5) is 24.8. The van der Waals surface area contributed by atoms with Crippen LogP contribution in [0.4, 0.5) is 0 Å². The third kappa shape index (κ3) is 1.80. The summed E-state index contributed by atoms with van der Waals surface area (Å²) >= 11 is 0. The minimum Gasteiger partial charge on any atom is -0.365 e. The van der Waals surface area contributed by atoms with Gasteiger partial charge in [0.2, 0.25) is 0 Å². The minimum atomic E-state index is -0.314. The number of ether oxygens (including phenoxy) is 1. The fraction of sp³-hybridized carbons (Fsp3) is 0.800. The van der Waals surface area contributed by atoms with Crippen molar-refractivity contribution < 1.29 is 14.3 Å². The van der Waals surface area contributed by atoms with E-state index in [1.807, 2.05) is 0 Å². The van der Waals surface area contributed by atoms with Crippen LogP contribution in [0.5, 0.6) is 0 Å². The molecule has 0 aromatic rings. The molecule has 126 valence electrons. The molecule has 0 bridgehead atoms. The summed E-state index contributed by atoms with van der Waals surface area (Å²) in [5, 5.41) is 0. The third-order valence-corrected chi connectivity index (χ3v) is 7.92. The van der Waals surface area contributed by atoms with Crippen LogP contribution in [0, 0.1) is 28.1 Å². The Morgan fingerprint density at radius 1 is 1.09 bits per heavy atom. The van der Waals surface area contributed by atoms with Crippen LogP contribution < -0.4 is 0 Å². The van der Waals surface area contributed by atoms with Gasteiger partial charge in [-0.1, -0.05) is 26.8 Å². The van der Waals surface area contributed by atoms with Gasteiger partial charge in [-0.05, 0) is 55.4 Å². The van der Waals surface area contributed by atoms with E-state index in [4.69, 9.17) is 4.74 Å². The molecule has 3 heteroatoms. The highest BCUT2D eigenvalue weighted by atomic mass is 16.5. The van der Waals surface area contributed by atoms with E-state index in [2.05, 4.69) is 33.8 Å². The van der Waals surface area contributed by atoms with E-state index >= 15 is 0 Å². The maximum atomic E-state index is 12.5. The second kappa shape index (κ2) is 4.56. The molecule has 1 aliphatic heterocycles. The van der Waals surface area contributed by atoms with Crippen molar-refractivity contribution in [1.29, 1.82) is 0 Å². The molecule has 0 radical (unpaired) electrons. The first-order valence-corrected chi connectivity index (χ1v) is 9.09. The van der Waals surface area contributed by atoms with Crippen molar-refractivity contribution in [3.63, 3.8) is 0 Å². The number of hydrogen-bond donors (Lipinski definition) is 0. The van der Waals surface area contributed by atoms with E-state index < -0.39 is 0 Å². The molecule has 3 nitrogen and oxygen atoms in total. The highest BCUT2D eigenvalue weighted by Gasteiger charge is 2.61. The summed E-state index contributed by atoms with van der Waals surface area (Å²) in [7, 11) is 0. The number of carbonyl (C=O) groups excluding carboxylic acids is 2. The summed E-state index contributed by atoms with van der Waals surface area (Å²) in [5.41, 5.74) is 0.986. The van der Waals surface area contributed by atoms with Gasteiger partial charge in [0.05, 0.1) is 11.5 Å². The molecule has 1 saturated heterocycles. The number of hydrogen-bond acceptors (Lipinski definition) is 3. The zero-order valence-electron chi connectivity index (χ0n) is 14.8. The lowest BCUT2D eigenvalue weighted by atomic mass is 9.45. The maximum absolute atomic E-state index is 12.5. The lowest BCUT2D eigenvalue weighted by molar-refractivity contribution is -0.145. The topological polar surface area (TPSA) is 43.4 Å². The number of rotatable bonds is 0. The minimum absolute atomic E-state index is 0.0211. The van der Waals surface area contributed by atoms with E-state index in [-0.39, 0.29) is 34.7 Å². The van der Waals surface area contributed by atoms with Crippen molar-refractivity contribution in [2.75, 3.05) is 6.61 Å². The molecule has 3 fully saturated rings. The zero-order chi connectivity index (χ0) is 16.6. The molecular formula is C20H28O3. The molecule has 5 atom stereocenters. The molecule has 0 spiro atoms. The number of Topliss-reactive ketones (excluding diaryl/α,β-unsaturated/α-hetero) is 2. The Bertz CT molecular complexity index is 616. The molecule has 4 aliphatic rings. The van der Waals surface area contributed by atoms with Gasteiger partial charge in [-0.25, -0.2) is 0 Å². The Labute approximate surface area is 138 Å². The Hall–Kier alpha value is -0.960. The highest BCUT2D eigenvalue weighted by Crippen LogP contribution is 2.63. The number of carbonyl (C=O) groups is 2. The summed E-state index contributed by atoms with van der Waals surface area (Å²) < 4.78 is 5.95. The molecule has 0 aromatic heterocycles. The molecule has 4 rings (SSSR count). The van der Waals surface area contributed by atoms with Crippen LogP contribution in [0.1, 0.15) is 59.8 Å². The predicted molar refractivity (Wildman–Crippen MR) is 87.9 cm³/mol. The molecule has 0 amide bonds. The highest BCUT2D eigenvalue weighted by molar-refractivity contribution is 5.89. The second-order valence-corrected chi connectivity index (χ2v) is 9.27. The monoisotopic (exact) mass is 316 g/mol. The lowest BCUT2D eigenvalue weighted by Gasteiger charge is -2.59. The van der Waals surface area contributed by atoms with Gasteiger partial charge < -0.3 is 4.74 Å². The molecule has 0 N–H and O–H groups in total. The summed E-state index contributed by atoms with van der Waals surface area (Å²) in [6.45, 7) is 9.03. The molecule has 2 saturated carbocycles. The first kappa shape index (κ1) is 15.6. The van der Waals surface area contributed by atoms with Crippen LogP contribution in [-0.4, -0.2) is 24.3 Å². The van der Waals surface area contributed by atoms with Gasteiger partial charge in [0, 0.05) is 11.8 Å². The second-order valence-electron chi connectivity index (χ2n) is 9.27. The summed E-state index contributed by atoms with van der Waals surface area (Å²) in [6.07, 6.45) is 6.93. The van der Waals surface area contributed by atoms with Gasteiger partial charge >= 0.3 is 0 Å². The van der Waals surface area contributed by atoms with Crippen LogP contribution in [-0.2, 0) is 14.3 Å². The first-order chi connectivity index (χ1) is 10.7. The number of ketones is 2. The first-order valence-electron chi connectivity index (χ1n) is 9.09. The largest absolute Gasteiger partial charge is 0.365 e. The van der Waals surface area contributed by atoms with Gasteiger partial charge in [-0.15, -0.1) is 0 Å². The van der Waals surface area contributed by atoms with Crippen molar-refractivity contribution in [3.05, 3.63) is 11.6 Å². The average Bonchev–Trinajstić information content (AvgIpc) is 2.79. The van der Waals surface area contributed by atoms with E-state index in [1.165, 1.54) is 5.57 Å². The van der Waals surface area contributed by atoms with E-state index in [9.17, 15) is 9.59 Å². The Kier molecular flexibility index (Phi) is 3.09. The van der Waals surface area contributed by atoms with Crippen LogP contribution in [0.25, 0.3) is 0 Å². The quantitative estimate of drug-likeness (QED) is 0.640. The number of allylic oxidation sites excluding steroid dienone is 1. The summed E-state index contributed by atoms with van der Waals surface area (Å²) in [5.74, 6) is 1.57. The van der Waals surface area contributed by atoms with Gasteiger partial charge in [-0.3, -0.25) is 9.59 Å². The Balaban J connectivity index is 1.76. The SMILES string of the molecule is CC1(C)C(=O)CCC2(C)C3CCC4(C)C(=O)COC4C3=CCC12. The van der Waals surface area contributed by atoms with E-state index in [1.54, 1.807) is 0 Å². The third-order valence-electron chi connectivity index (χ3n) is 7.92. The molecule has 23 heavy (non-hydrogen) atoms. The van der Waals surface area contributed by atoms with Crippen LogP contribution in [0.2, 0.25) is 0 Å². The summed E-state index contributed by atoms with van der Waals surface area (Å²) in [6, 6.07) is 0. The maximum Gasteiger partial charge on any atom is 0.167 e. The predicted octanol–water partition coefficient (Wildman–Crippen LogP) is 3.71. The molecular weight excluding hydrogens is 288 g/mol. The standard InChI is InChI=1S/C20H28O3/c1-18(2)14-6-5-12-13(19(14,3)10-8-15(18)21)7-9-20(4)16(22)11-23-17(12)20/h5,13-14,17H,6-11H2,1-4H3. The van der Waals surface area contributed by atoms with Crippen LogP contribution >= 0.6 is 0 Å². The van der Waals surface area contributed by atoms with Crippen molar-refractivity contribution in [3.8, 4) is 0 Å². The van der Waals surface area contributed by atoms with Gasteiger partial charge in [0.15, 0.2) is 5.78 Å². The van der Waals surface area contributed by atoms with Crippen molar-refractivity contribution in [2.24, 2.45) is 28.1 Å². The zero-order valence-corrected chi connectivity index (χ0v) is 14.8. The van der Waals surface area contributed by atoms with Gasteiger partial charge in [0.1, 0.15) is 12.4 Å². The van der Waals surface area contributed by atoms with Gasteiger partial charge in [0.25, 0.3) is 0 Å². The molecule has 5 unspecified atom stereocenters. The Morgan fingerprint density at radius 2 is 1.83 bits per heavy atom. The van der Waals surface area contributed by atoms with Gasteiger partial charge in [-0.2, -0.15) is 0 Å². The average molecular weight is 316 g/mol. The lowest BCUT2D eigenvalue weighted by Crippen LogP contribution is -2.56. The fourth-order valence-electron chi connectivity index (χ4n) is 6.27. The number of fused-ring (bicyclic) bond motifs is 5. The van der Waals surface area contributed by atoms with Crippen LogP contribution in [0.3, 0.4) is 0 Å². The fourth-order valence-corrected chi connectivity index (χ4v) is 6.27. The molecule has 0 aromatic carbocycles. The molecule has 3 aliphatic carbocycles. The van der Waals surface area contributed by atoms with Crippen molar-refractivity contribution in [1.82, 2.24) is 0 Å².